The highest BCUT2D eigenvalue weighted by Crippen LogP contribution is 2.34. The summed E-state index contributed by atoms with van der Waals surface area (Å²) < 4.78 is 28.9. The van der Waals surface area contributed by atoms with Crippen LogP contribution in [0.3, 0.4) is 0 Å². The highest BCUT2D eigenvalue weighted by molar-refractivity contribution is 7.92. The van der Waals surface area contributed by atoms with E-state index in [1.807, 2.05) is 49.4 Å². The van der Waals surface area contributed by atoms with E-state index in [1.165, 1.54) is 6.92 Å². The molecule has 0 fully saturated rings. The molecule has 1 aliphatic rings. The van der Waals surface area contributed by atoms with Crippen LogP contribution in [0.5, 0.6) is 0 Å². The minimum absolute atomic E-state index is 0.00884. The summed E-state index contributed by atoms with van der Waals surface area (Å²) in [6, 6.07) is 23.9. The van der Waals surface area contributed by atoms with Crippen LogP contribution in [0.25, 0.3) is 22.2 Å². The number of carbonyl (C=O) groups excluding carboxylic acids is 1. The molecular weight excluding hydrogens is 434 g/mol. The Labute approximate surface area is 192 Å². The van der Waals surface area contributed by atoms with Crippen LogP contribution in [0.2, 0.25) is 0 Å². The number of nitrogens with one attached hydrogen (secondary N) is 1. The number of nitrogens with zero attached hydrogens (tertiary/aromatic N) is 2. The van der Waals surface area contributed by atoms with Crippen LogP contribution in [0.1, 0.15) is 19.4 Å². The summed E-state index contributed by atoms with van der Waals surface area (Å²) in [4.78, 5) is 18.5. The van der Waals surface area contributed by atoms with Crippen molar-refractivity contribution in [2.24, 2.45) is 0 Å². The van der Waals surface area contributed by atoms with Crippen molar-refractivity contribution in [3.8, 4) is 11.3 Å². The molecule has 1 amide bonds. The molecule has 1 N–H and O–H groups in total. The molecule has 1 aromatic heterocycles. The van der Waals surface area contributed by atoms with Crippen molar-refractivity contribution in [1.82, 2.24) is 4.98 Å². The second kappa shape index (κ2) is 8.01. The van der Waals surface area contributed by atoms with Gasteiger partial charge in [0.2, 0.25) is 5.91 Å². The number of hydrogen-bond donors (Lipinski definition) is 1. The van der Waals surface area contributed by atoms with Gasteiger partial charge in [0.1, 0.15) is 0 Å². The van der Waals surface area contributed by atoms with Gasteiger partial charge in [-0.2, -0.15) is 0 Å². The van der Waals surface area contributed by atoms with Gasteiger partial charge in [0.15, 0.2) is 0 Å². The van der Waals surface area contributed by atoms with E-state index in [0.29, 0.717) is 12.1 Å². The Balaban J connectivity index is 1.44. The number of anilines is 2. The largest absolute Gasteiger partial charge is 0.309 e. The molecule has 0 saturated heterocycles. The topological polar surface area (TPSA) is 79.4 Å². The molecule has 0 saturated carbocycles. The van der Waals surface area contributed by atoms with E-state index in [9.17, 15) is 13.2 Å². The second-order valence-electron chi connectivity index (χ2n) is 8.31. The van der Waals surface area contributed by atoms with Gasteiger partial charge in [0, 0.05) is 35.3 Å². The van der Waals surface area contributed by atoms with Crippen LogP contribution >= 0.6 is 0 Å². The molecule has 3 aromatic carbocycles. The molecule has 0 bridgehead atoms. The van der Waals surface area contributed by atoms with E-state index in [1.54, 1.807) is 41.3 Å². The Kier molecular flexibility index (Phi) is 5.13. The first-order valence-corrected chi connectivity index (χ1v) is 12.2. The van der Waals surface area contributed by atoms with Gasteiger partial charge in [0.25, 0.3) is 10.0 Å². The number of pyridine rings is 1. The third-order valence-electron chi connectivity index (χ3n) is 5.93. The average Bonchev–Trinajstić information content (AvgIpc) is 3.13. The van der Waals surface area contributed by atoms with Crippen LogP contribution in [0, 0.1) is 0 Å². The Morgan fingerprint density at radius 1 is 1.00 bits per heavy atom. The highest BCUT2D eigenvalue weighted by atomic mass is 32.2. The molecule has 33 heavy (non-hydrogen) atoms. The zero-order valence-electron chi connectivity index (χ0n) is 18.3. The molecule has 1 atom stereocenters. The van der Waals surface area contributed by atoms with Gasteiger partial charge in [-0.25, -0.2) is 13.4 Å². The number of fused-ring (bicyclic) bond motifs is 2. The van der Waals surface area contributed by atoms with Gasteiger partial charge in [0.05, 0.1) is 16.1 Å². The first kappa shape index (κ1) is 21.2. The fraction of sp³-hybridized carbons (Fsp3) is 0.154. The Hall–Kier alpha value is -3.71. The fourth-order valence-electron chi connectivity index (χ4n) is 4.44. The zero-order chi connectivity index (χ0) is 23.2. The van der Waals surface area contributed by atoms with Crippen molar-refractivity contribution in [3.05, 3.63) is 84.4 Å². The fourth-order valence-corrected chi connectivity index (χ4v) is 5.54. The van der Waals surface area contributed by atoms with Crippen LogP contribution in [-0.4, -0.2) is 25.4 Å². The molecule has 5 rings (SSSR count). The Morgan fingerprint density at radius 2 is 1.82 bits per heavy atom. The lowest BCUT2D eigenvalue weighted by molar-refractivity contribution is -0.116. The smallest absolute Gasteiger partial charge is 0.261 e. The predicted octanol–water partition coefficient (Wildman–Crippen LogP) is 5.00. The monoisotopic (exact) mass is 457 g/mol. The minimum atomic E-state index is -3.80. The van der Waals surface area contributed by atoms with Gasteiger partial charge in [-0.3, -0.25) is 9.52 Å². The van der Waals surface area contributed by atoms with Crippen LogP contribution < -0.4 is 9.62 Å². The van der Waals surface area contributed by atoms with Crippen LogP contribution in [-0.2, 0) is 21.2 Å². The number of carbonyl (C=O) groups is 1. The number of aromatic nitrogens is 1. The molecule has 2 heterocycles. The van der Waals surface area contributed by atoms with Crippen molar-refractivity contribution in [2.45, 2.75) is 31.2 Å². The molecule has 6 nitrogen and oxygen atoms in total. The van der Waals surface area contributed by atoms with Gasteiger partial charge in [-0.1, -0.05) is 36.4 Å². The van der Waals surface area contributed by atoms with Gasteiger partial charge >= 0.3 is 0 Å². The number of hydrogen-bond acceptors (Lipinski definition) is 4. The summed E-state index contributed by atoms with van der Waals surface area (Å²) in [5, 5.41) is 1.05. The Bertz CT molecular complexity index is 1500. The van der Waals surface area contributed by atoms with E-state index < -0.39 is 10.0 Å². The number of para-hydroxylation sites is 1. The lowest BCUT2D eigenvalue weighted by Crippen LogP contribution is -2.33. The zero-order valence-corrected chi connectivity index (χ0v) is 19.1. The number of benzene rings is 3. The normalized spacial score (nSPS) is 15.5. The molecule has 0 radical (unpaired) electrons. The van der Waals surface area contributed by atoms with Gasteiger partial charge in [-0.15, -0.1) is 0 Å². The number of rotatable bonds is 4. The molecule has 0 unspecified atom stereocenters. The van der Waals surface area contributed by atoms with E-state index in [4.69, 9.17) is 4.98 Å². The summed E-state index contributed by atoms with van der Waals surface area (Å²) in [6.45, 7) is 3.48. The lowest BCUT2D eigenvalue weighted by Gasteiger charge is -2.20. The SMILES string of the molecule is CC(=O)N1c2ccc(S(=O)(=O)Nc3cccc(-c4ccc5ccccc5n4)c3)cc2C[C@H]1C. The maximum atomic E-state index is 13.1. The second-order valence-corrected chi connectivity index (χ2v) is 9.99. The highest BCUT2D eigenvalue weighted by Gasteiger charge is 2.30. The number of sulfonamides is 1. The van der Waals surface area contributed by atoms with E-state index >= 15 is 0 Å². The number of amides is 1. The molecule has 0 aliphatic carbocycles. The van der Waals surface area contributed by atoms with Crippen molar-refractivity contribution >= 4 is 38.2 Å². The average molecular weight is 458 g/mol. The quantitative estimate of drug-likeness (QED) is 0.468. The third-order valence-corrected chi connectivity index (χ3v) is 7.30. The van der Waals surface area contributed by atoms with Crippen molar-refractivity contribution in [2.75, 3.05) is 9.62 Å². The minimum Gasteiger partial charge on any atom is -0.309 e. The maximum Gasteiger partial charge on any atom is 0.261 e. The van der Waals surface area contributed by atoms with E-state index in [-0.39, 0.29) is 16.8 Å². The van der Waals surface area contributed by atoms with Gasteiger partial charge in [-0.05, 0) is 61.4 Å². The molecular formula is C26H23N3O3S. The summed E-state index contributed by atoms with van der Waals surface area (Å²) >= 11 is 0. The first-order valence-electron chi connectivity index (χ1n) is 10.7. The van der Waals surface area contributed by atoms with Gasteiger partial charge < -0.3 is 4.90 Å². The van der Waals surface area contributed by atoms with Crippen LogP contribution in [0.4, 0.5) is 11.4 Å². The summed E-state index contributed by atoms with van der Waals surface area (Å²) in [5.74, 6) is -0.0471. The molecule has 166 valence electrons. The molecule has 1 aliphatic heterocycles. The van der Waals surface area contributed by atoms with Crippen molar-refractivity contribution in [3.63, 3.8) is 0 Å². The summed E-state index contributed by atoms with van der Waals surface area (Å²) in [5.41, 5.74) is 4.56. The molecule has 7 heteroatoms. The standard InChI is InChI=1S/C26H23N3O3S/c1-17-14-21-16-23(11-13-26(21)29(17)18(2)30)33(31,32)28-22-8-5-7-20(15-22)25-12-10-19-6-3-4-9-24(19)27-25/h3-13,15-17,28H,14H2,1-2H3/t17-/m1/s1. The Morgan fingerprint density at radius 3 is 2.64 bits per heavy atom. The molecule has 4 aromatic rings. The maximum absolute atomic E-state index is 13.1. The predicted molar refractivity (Wildman–Crippen MR) is 131 cm³/mol. The van der Waals surface area contributed by atoms with E-state index in [2.05, 4.69) is 4.72 Å². The lowest BCUT2D eigenvalue weighted by atomic mass is 10.1. The third kappa shape index (κ3) is 3.96. The first-order chi connectivity index (χ1) is 15.8. The van der Waals surface area contributed by atoms with E-state index in [0.717, 1.165) is 33.4 Å². The molecule has 0 spiro atoms. The summed E-state index contributed by atoms with van der Waals surface area (Å²) in [6.07, 6.45) is 0.626. The van der Waals surface area contributed by atoms with Crippen molar-refractivity contribution < 1.29 is 13.2 Å². The summed E-state index contributed by atoms with van der Waals surface area (Å²) in [7, 11) is -3.80. The van der Waals surface area contributed by atoms with Crippen LogP contribution in [0.15, 0.2) is 83.8 Å². The van der Waals surface area contributed by atoms with Crippen molar-refractivity contribution in [1.29, 1.82) is 0 Å².